The first-order chi connectivity index (χ1) is 11.8. The highest BCUT2D eigenvalue weighted by Gasteiger charge is 2.36. The van der Waals surface area contributed by atoms with Gasteiger partial charge in [-0.1, -0.05) is 19.3 Å². The summed E-state index contributed by atoms with van der Waals surface area (Å²) in [6.07, 6.45) is 12.2. The van der Waals surface area contributed by atoms with Gasteiger partial charge in [-0.05, 0) is 77.8 Å². The molecule has 4 nitrogen and oxygen atoms in total. The lowest BCUT2D eigenvalue weighted by Gasteiger charge is -2.45. The van der Waals surface area contributed by atoms with Gasteiger partial charge in [0.05, 0.1) is 6.61 Å². The van der Waals surface area contributed by atoms with E-state index < -0.39 is 0 Å². The van der Waals surface area contributed by atoms with Gasteiger partial charge in [0.15, 0.2) is 0 Å². The van der Waals surface area contributed by atoms with Crippen molar-refractivity contribution in [3.8, 4) is 0 Å². The summed E-state index contributed by atoms with van der Waals surface area (Å²) in [4.78, 5) is 7.94. The second kappa shape index (κ2) is 9.51. The van der Waals surface area contributed by atoms with E-state index in [9.17, 15) is 5.11 Å². The van der Waals surface area contributed by atoms with E-state index in [2.05, 4.69) is 14.7 Å². The summed E-state index contributed by atoms with van der Waals surface area (Å²) in [5, 5.41) is 10.5. The molecule has 0 amide bonds. The summed E-state index contributed by atoms with van der Waals surface area (Å²) in [5.41, 5.74) is 0.0476. The third kappa shape index (κ3) is 5.42. The van der Waals surface area contributed by atoms with Gasteiger partial charge in [0.2, 0.25) is 0 Å². The average Bonchev–Trinajstić information content (AvgIpc) is 2.64. The van der Waals surface area contributed by atoms with Crippen LogP contribution in [0.2, 0.25) is 0 Å². The highest BCUT2D eigenvalue weighted by molar-refractivity contribution is 4.90. The number of aliphatic hydroxyl groups excluding tert-OH is 1. The second-order valence-corrected chi connectivity index (χ2v) is 8.67. The van der Waals surface area contributed by atoms with Crippen LogP contribution >= 0.6 is 0 Å². The summed E-state index contributed by atoms with van der Waals surface area (Å²) in [6.45, 7) is 11.1. The lowest BCUT2D eigenvalue weighted by Crippen LogP contribution is -2.55. The van der Waals surface area contributed by atoms with Crippen molar-refractivity contribution >= 4 is 0 Å². The fourth-order valence-electron chi connectivity index (χ4n) is 5.08. The number of aliphatic hydroxyl groups is 1. The Balaban J connectivity index is 1.65. The van der Waals surface area contributed by atoms with Crippen molar-refractivity contribution in [3.05, 3.63) is 0 Å². The quantitative estimate of drug-likeness (QED) is 0.773. The molecular weight excluding hydrogens is 298 g/mol. The largest absolute Gasteiger partial charge is 0.396 e. The van der Waals surface area contributed by atoms with E-state index in [1.54, 1.807) is 0 Å². The molecule has 0 aromatic carbocycles. The number of hydrogen-bond acceptors (Lipinski definition) is 4. The zero-order valence-electron chi connectivity index (χ0n) is 15.7. The van der Waals surface area contributed by atoms with Crippen LogP contribution in [-0.2, 0) is 0 Å². The van der Waals surface area contributed by atoms with Crippen molar-refractivity contribution in [3.63, 3.8) is 0 Å². The normalized spacial score (nSPS) is 25.9. The molecule has 0 radical (unpaired) electrons. The molecule has 0 atom stereocenters. The number of piperidine rings is 3. The van der Waals surface area contributed by atoms with E-state index in [-0.39, 0.29) is 5.41 Å². The Hall–Kier alpha value is -0.160. The molecule has 0 unspecified atom stereocenters. The third-order valence-electron chi connectivity index (χ3n) is 6.36. The smallest absolute Gasteiger partial charge is 0.0524 e. The zero-order chi connectivity index (χ0) is 16.7. The standard InChI is InChI=1S/C20H39N3O/c24-19-20(16-21-10-4-1-5-11-21,17-22-12-6-2-7-13-22)18-23-14-8-3-9-15-23/h24H,1-19H2. The van der Waals surface area contributed by atoms with E-state index in [4.69, 9.17) is 0 Å². The highest BCUT2D eigenvalue weighted by Crippen LogP contribution is 2.27. The molecule has 3 rings (SSSR count). The van der Waals surface area contributed by atoms with Gasteiger partial charge in [-0.2, -0.15) is 0 Å². The molecule has 0 spiro atoms. The minimum Gasteiger partial charge on any atom is -0.396 e. The monoisotopic (exact) mass is 337 g/mol. The predicted molar refractivity (Wildman–Crippen MR) is 100 cm³/mol. The third-order valence-corrected chi connectivity index (χ3v) is 6.36. The van der Waals surface area contributed by atoms with Crippen LogP contribution < -0.4 is 0 Å². The summed E-state index contributed by atoms with van der Waals surface area (Å²) in [7, 11) is 0. The molecule has 0 aromatic rings. The number of likely N-dealkylation sites (tertiary alicyclic amines) is 3. The summed E-state index contributed by atoms with van der Waals surface area (Å²) >= 11 is 0. The molecule has 0 saturated carbocycles. The van der Waals surface area contributed by atoms with Gasteiger partial charge >= 0.3 is 0 Å². The molecule has 4 heteroatoms. The maximum atomic E-state index is 10.5. The molecule has 3 heterocycles. The number of rotatable bonds is 7. The topological polar surface area (TPSA) is 30.0 Å². The van der Waals surface area contributed by atoms with Crippen LogP contribution in [0.5, 0.6) is 0 Å². The van der Waals surface area contributed by atoms with Crippen molar-refractivity contribution in [2.75, 3.05) is 65.5 Å². The first-order valence-corrected chi connectivity index (χ1v) is 10.6. The zero-order valence-corrected chi connectivity index (χ0v) is 15.7. The van der Waals surface area contributed by atoms with Crippen LogP contribution in [0, 0.1) is 5.41 Å². The van der Waals surface area contributed by atoms with Gasteiger partial charge in [0.25, 0.3) is 0 Å². The Bertz CT molecular complexity index is 294. The predicted octanol–water partition coefficient (Wildman–Crippen LogP) is 2.42. The Kier molecular flexibility index (Phi) is 7.38. The van der Waals surface area contributed by atoms with E-state index in [1.807, 2.05) is 0 Å². The van der Waals surface area contributed by atoms with Crippen LogP contribution in [-0.4, -0.2) is 85.3 Å². The van der Waals surface area contributed by atoms with Crippen molar-refractivity contribution in [2.45, 2.75) is 57.8 Å². The summed E-state index contributed by atoms with van der Waals surface area (Å²) in [5.74, 6) is 0. The van der Waals surface area contributed by atoms with Gasteiger partial charge in [0.1, 0.15) is 0 Å². The van der Waals surface area contributed by atoms with Crippen molar-refractivity contribution < 1.29 is 5.11 Å². The molecule has 24 heavy (non-hydrogen) atoms. The number of nitrogens with zero attached hydrogens (tertiary/aromatic N) is 3. The van der Waals surface area contributed by atoms with Gasteiger partial charge < -0.3 is 19.8 Å². The molecule has 3 fully saturated rings. The van der Waals surface area contributed by atoms with Gasteiger partial charge in [-0.15, -0.1) is 0 Å². The highest BCUT2D eigenvalue weighted by atomic mass is 16.3. The molecule has 3 aliphatic heterocycles. The minimum absolute atomic E-state index is 0.0476. The van der Waals surface area contributed by atoms with Gasteiger partial charge in [-0.3, -0.25) is 0 Å². The lowest BCUT2D eigenvalue weighted by atomic mass is 9.84. The van der Waals surface area contributed by atoms with Gasteiger partial charge in [-0.25, -0.2) is 0 Å². The van der Waals surface area contributed by atoms with Crippen molar-refractivity contribution in [1.29, 1.82) is 0 Å². The van der Waals surface area contributed by atoms with Crippen LogP contribution in [0.1, 0.15) is 57.8 Å². The van der Waals surface area contributed by atoms with E-state index in [0.29, 0.717) is 6.61 Å². The Morgan fingerprint density at radius 3 is 1.04 bits per heavy atom. The van der Waals surface area contributed by atoms with E-state index >= 15 is 0 Å². The average molecular weight is 338 g/mol. The van der Waals surface area contributed by atoms with E-state index in [0.717, 1.165) is 19.6 Å². The summed E-state index contributed by atoms with van der Waals surface area (Å²) in [6, 6.07) is 0. The maximum Gasteiger partial charge on any atom is 0.0524 e. The molecule has 0 bridgehead atoms. The van der Waals surface area contributed by atoms with E-state index in [1.165, 1.54) is 97.1 Å². The molecule has 140 valence electrons. The lowest BCUT2D eigenvalue weighted by molar-refractivity contribution is -0.00320. The Morgan fingerprint density at radius 2 is 0.792 bits per heavy atom. The first-order valence-electron chi connectivity index (χ1n) is 10.6. The van der Waals surface area contributed by atoms with Crippen molar-refractivity contribution in [2.24, 2.45) is 5.41 Å². The van der Waals surface area contributed by atoms with Crippen molar-refractivity contribution in [1.82, 2.24) is 14.7 Å². The maximum absolute atomic E-state index is 10.5. The van der Waals surface area contributed by atoms with Crippen LogP contribution in [0.4, 0.5) is 0 Å². The minimum atomic E-state index is 0.0476. The van der Waals surface area contributed by atoms with Crippen LogP contribution in [0.3, 0.4) is 0 Å². The SMILES string of the molecule is OCC(CN1CCCCC1)(CN1CCCCC1)CN1CCCCC1. The van der Waals surface area contributed by atoms with Crippen LogP contribution in [0.25, 0.3) is 0 Å². The fraction of sp³-hybridized carbons (Fsp3) is 1.00. The molecule has 3 saturated heterocycles. The Labute approximate surface area is 149 Å². The second-order valence-electron chi connectivity index (χ2n) is 8.67. The summed E-state index contributed by atoms with van der Waals surface area (Å²) < 4.78 is 0. The molecule has 1 N–H and O–H groups in total. The fourth-order valence-corrected chi connectivity index (χ4v) is 5.08. The molecule has 3 aliphatic rings. The van der Waals surface area contributed by atoms with Gasteiger partial charge in [0, 0.05) is 25.0 Å². The molecule has 0 aromatic heterocycles. The Morgan fingerprint density at radius 1 is 0.500 bits per heavy atom. The molecule has 0 aliphatic carbocycles. The van der Waals surface area contributed by atoms with Crippen LogP contribution in [0.15, 0.2) is 0 Å². The molecular formula is C20H39N3O. The first kappa shape index (κ1) is 18.6. The number of hydrogen-bond donors (Lipinski definition) is 1.